The third-order valence-corrected chi connectivity index (χ3v) is 1.14. The zero-order chi connectivity index (χ0) is 7.82. The van der Waals surface area contributed by atoms with Crippen LogP contribution in [0.25, 0.3) is 0 Å². The highest BCUT2D eigenvalue weighted by Crippen LogP contribution is 1.95. The average molecular weight is 142 g/mol. The van der Waals surface area contributed by atoms with E-state index < -0.39 is 0 Å². The Morgan fingerprint density at radius 1 is 1.60 bits per heavy atom. The van der Waals surface area contributed by atoms with Crippen LogP contribution >= 0.6 is 0 Å². The van der Waals surface area contributed by atoms with Gasteiger partial charge in [-0.05, 0) is 13.3 Å². The third-order valence-electron chi connectivity index (χ3n) is 1.14. The van der Waals surface area contributed by atoms with Crippen molar-refractivity contribution in [1.29, 1.82) is 0 Å². The Kier molecular flexibility index (Phi) is 6.25. The van der Waals surface area contributed by atoms with Crippen LogP contribution in [0.3, 0.4) is 0 Å². The molecule has 10 heavy (non-hydrogen) atoms. The fourth-order valence-corrected chi connectivity index (χ4v) is 0.640. The van der Waals surface area contributed by atoms with E-state index >= 15 is 0 Å². The number of hydrogen-bond acceptors (Lipinski definition) is 2. The van der Waals surface area contributed by atoms with E-state index in [4.69, 9.17) is 9.84 Å². The van der Waals surface area contributed by atoms with Gasteiger partial charge >= 0.3 is 0 Å². The first-order valence-electron chi connectivity index (χ1n) is 3.38. The van der Waals surface area contributed by atoms with Gasteiger partial charge in [0.05, 0.1) is 12.7 Å². The van der Waals surface area contributed by atoms with Crippen molar-refractivity contribution in [2.45, 2.75) is 25.9 Å². The summed E-state index contributed by atoms with van der Waals surface area (Å²) in [5.41, 5.74) is 0. The number of rotatable bonds is 4. The minimum atomic E-state index is -0.356. The molecule has 0 radical (unpaired) electrons. The predicted molar refractivity (Wildman–Crippen MR) is 40.6 cm³/mol. The summed E-state index contributed by atoms with van der Waals surface area (Å²) in [5, 5.41) is 9.08. The molecule has 0 aromatic rings. The van der Waals surface area contributed by atoms with Crippen molar-refractivity contribution in [1.82, 2.24) is 0 Å². The van der Waals surface area contributed by atoms with Crippen LogP contribution in [0.5, 0.6) is 0 Å². The average Bonchev–Trinajstić information content (AvgIpc) is 1.89. The summed E-state index contributed by atoms with van der Waals surface area (Å²) in [7, 11) is 1.58. The minimum absolute atomic E-state index is 0.356. The highest BCUT2D eigenvalue weighted by molar-refractivity contribution is 4.94. The van der Waals surface area contributed by atoms with Gasteiger partial charge in [0.1, 0.15) is 0 Å². The molecule has 0 amide bonds. The Labute approximate surface area is 62.2 Å². The van der Waals surface area contributed by atoms with Gasteiger partial charge in [-0.25, -0.2) is 0 Å². The molecule has 2 heteroatoms. The topological polar surface area (TPSA) is 29.5 Å². The van der Waals surface area contributed by atoms with Crippen molar-refractivity contribution < 1.29 is 9.84 Å². The first kappa shape index (κ1) is 9.48. The highest BCUT2D eigenvalue weighted by Gasteiger charge is 1.99. The number of aliphatic hydroxyl groups is 1. The zero-order valence-electron chi connectivity index (χ0n) is 6.55. The van der Waals surface area contributed by atoms with E-state index in [1.807, 2.05) is 0 Å². The van der Waals surface area contributed by atoms with Gasteiger partial charge in [0, 0.05) is 13.5 Å². The first-order chi connectivity index (χ1) is 4.81. The highest BCUT2D eigenvalue weighted by atomic mass is 16.5. The molecule has 0 bridgehead atoms. The van der Waals surface area contributed by atoms with Crippen LogP contribution in [-0.4, -0.2) is 24.9 Å². The molecular formula is C8H14O2. The Bertz CT molecular complexity index is 121. The molecule has 0 fully saturated rings. The lowest BCUT2D eigenvalue weighted by atomic mass is 10.2. The lowest BCUT2D eigenvalue weighted by molar-refractivity contribution is 0.0603. The second-order valence-corrected chi connectivity index (χ2v) is 2.07. The molecule has 0 aliphatic heterocycles. The van der Waals surface area contributed by atoms with Crippen molar-refractivity contribution in [3.05, 3.63) is 0 Å². The molecule has 1 unspecified atom stereocenters. The maximum Gasteiger partial charge on any atom is 0.0782 e. The summed E-state index contributed by atoms with van der Waals surface area (Å²) in [5.74, 6) is 5.64. The summed E-state index contributed by atoms with van der Waals surface area (Å²) >= 11 is 0. The molecule has 0 saturated carbocycles. The van der Waals surface area contributed by atoms with Gasteiger partial charge in [-0.15, -0.1) is 11.8 Å². The normalized spacial score (nSPS) is 11.9. The van der Waals surface area contributed by atoms with Crippen molar-refractivity contribution in [3.63, 3.8) is 0 Å². The maximum absolute atomic E-state index is 9.08. The van der Waals surface area contributed by atoms with Gasteiger partial charge in [-0.3, -0.25) is 0 Å². The number of methoxy groups -OCH3 is 1. The van der Waals surface area contributed by atoms with Crippen molar-refractivity contribution >= 4 is 0 Å². The first-order valence-corrected chi connectivity index (χ1v) is 3.38. The summed E-state index contributed by atoms with van der Waals surface area (Å²) in [4.78, 5) is 0. The Hall–Kier alpha value is -0.520. The molecule has 0 spiro atoms. The molecule has 0 heterocycles. The number of ether oxygens (including phenoxy) is 1. The maximum atomic E-state index is 9.08. The molecular weight excluding hydrogens is 128 g/mol. The van der Waals surface area contributed by atoms with Gasteiger partial charge in [-0.2, -0.15) is 0 Å². The van der Waals surface area contributed by atoms with Crippen molar-refractivity contribution in [2.24, 2.45) is 0 Å². The van der Waals surface area contributed by atoms with Crippen molar-refractivity contribution in [2.75, 3.05) is 13.7 Å². The number of hydrogen-bond donors (Lipinski definition) is 1. The van der Waals surface area contributed by atoms with E-state index in [-0.39, 0.29) is 6.10 Å². The molecule has 2 nitrogen and oxygen atoms in total. The van der Waals surface area contributed by atoms with Crippen LogP contribution in [-0.2, 0) is 4.74 Å². The quantitative estimate of drug-likeness (QED) is 0.588. The Balaban J connectivity index is 3.18. The van der Waals surface area contributed by atoms with E-state index in [9.17, 15) is 0 Å². The molecule has 0 saturated heterocycles. The minimum Gasteiger partial charge on any atom is -0.391 e. The van der Waals surface area contributed by atoms with Crippen LogP contribution in [0.15, 0.2) is 0 Å². The van der Waals surface area contributed by atoms with Crippen LogP contribution < -0.4 is 0 Å². The third kappa shape index (κ3) is 5.61. The smallest absolute Gasteiger partial charge is 0.0782 e. The van der Waals surface area contributed by atoms with Gasteiger partial charge in [-0.1, -0.05) is 0 Å². The molecule has 0 aliphatic carbocycles. The van der Waals surface area contributed by atoms with E-state index in [1.54, 1.807) is 14.0 Å². The second kappa shape index (κ2) is 6.60. The standard InChI is InChI=1S/C8H14O2/c1-3-4-5-6-8(9)7-10-2/h8-9H,5-7H2,1-2H3. The van der Waals surface area contributed by atoms with Gasteiger partial charge < -0.3 is 9.84 Å². The zero-order valence-corrected chi connectivity index (χ0v) is 6.55. The summed E-state index contributed by atoms with van der Waals surface area (Å²) < 4.78 is 4.74. The molecule has 0 aromatic carbocycles. The second-order valence-electron chi connectivity index (χ2n) is 2.07. The van der Waals surface area contributed by atoms with E-state index in [1.165, 1.54) is 0 Å². The summed E-state index contributed by atoms with van der Waals surface area (Å²) in [6.07, 6.45) is 1.10. The monoisotopic (exact) mass is 142 g/mol. The van der Waals surface area contributed by atoms with Crippen LogP contribution in [0, 0.1) is 11.8 Å². The number of aliphatic hydroxyl groups excluding tert-OH is 1. The molecule has 0 aliphatic rings. The van der Waals surface area contributed by atoms with Gasteiger partial charge in [0.15, 0.2) is 0 Å². The van der Waals surface area contributed by atoms with Crippen LogP contribution in [0.1, 0.15) is 19.8 Å². The van der Waals surface area contributed by atoms with Crippen LogP contribution in [0.4, 0.5) is 0 Å². The van der Waals surface area contributed by atoms with Crippen molar-refractivity contribution in [3.8, 4) is 11.8 Å². The molecule has 0 rings (SSSR count). The SMILES string of the molecule is CC#CCCC(O)COC. The fraction of sp³-hybridized carbons (Fsp3) is 0.750. The Morgan fingerprint density at radius 3 is 2.80 bits per heavy atom. The fourth-order valence-electron chi connectivity index (χ4n) is 0.640. The summed E-state index contributed by atoms with van der Waals surface area (Å²) in [6, 6.07) is 0. The molecule has 58 valence electrons. The van der Waals surface area contributed by atoms with Crippen LogP contribution in [0.2, 0.25) is 0 Å². The Morgan fingerprint density at radius 2 is 2.30 bits per heavy atom. The summed E-state index contributed by atoms with van der Waals surface area (Å²) in [6.45, 7) is 2.20. The molecule has 0 aromatic heterocycles. The van der Waals surface area contributed by atoms with Gasteiger partial charge in [0.2, 0.25) is 0 Å². The van der Waals surface area contributed by atoms with E-state index in [2.05, 4.69) is 11.8 Å². The molecule has 1 N–H and O–H groups in total. The van der Waals surface area contributed by atoms with E-state index in [0.29, 0.717) is 13.0 Å². The van der Waals surface area contributed by atoms with E-state index in [0.717, 1.165) is 6.42 Å². The lowest BCUT2D eigenvalue weighted by Gasteiger charge is -2.05. The predicted octanol–water partition coefficient (Wildman–Crippen LogP) is 0.797. The van der Waals surface area contributed by atoms with Gasteiger partial charge in [0.25, 0.3) is 0 Å². The lowest BCUT2D eigenvalue weighted by Crippen LogP contribution is -2.12. The molecule has 1 atom stereocenters. The largest absolute Gasteiger partial charge is 0.391 e.